The van der Waals surface area contributed by atoms with Crippen molar-refractivity contribution in [3.05, 3.63) is 20.8 Å². The second-order valence-electron chi connectivity index (χ2n) is 0. The summed E-state index contributed by atoms with van der Waals surface area (Å²) < 4.78 is 0. The molecule has 0 saturated heterocycles. The van der Waals surface area contributed by atoms with Crippen molar-refractivity contribution in [2.45, 2.75) is 20.8 Å². The van der Waals surface area contributed by atoms with Crippen LogP contribution in [0.25, 0.3) is 0 Å². The van der Waals surface area contributed by atoms with Crippen LogP contribution in [0.3, 0.4) is 0 Å². The Balaban J connectivity index is -0.00000000500. The molecule has 0 rings (SSSR count). The standard InChI is InChI=1S/3C2H5.FH.Pb/c3*1-2;;/h3*1H2,2H3;1H;/p-1. The van der Waals surface area contributed by atoms with Crippen LogP contribution >= 0.6 is 0 Å². The third kappa shape index (κ3) is 323. The molecule has 0 aliphatic heterocycles. The van der Waals surface area contributed by atoms with Gasteiger partial charge in [-0.15, -0.1) is 0 Å². The van der Waals surface area contributed by atoms with E-state index in [0.717, 1.165) is 0 Å². The van der Waals surface area contributed by atoms with E-state index in [9.17, 15) is 0 Å². The second-order valence-corrected chi connectivity index (χ2v) is 0. The first-order chi connectivity index (χ1) is 3.00. The summed E-state index contributed by atoms with van der Waals surface area (Å²) in [4.78, 5) is 0. The fourth-order valence-electron chi connectivity index (χ4n) is 0. The minimum Gasteiger partial charge on any atom is -1.00 e. The zero-order valence-electron chi connectivity index (χ0n) is 6.00. The molecule has 0 N–H and O–H groups in total. The molecule has 0 spiro atoms. The van der Waals surface area contributed by atoms with E-state index in [-0.39, 0.29) is 32.0 Å². The van der Waals surface area contributed by atoms with Crippen molar-refractivity contribution in [2.24, 2.45) is 0 Å². The second kappa shape index (κ2) is 508. The Morgan fingerprint density at radius 3 is 0.625 bits per heavy atom. The predicted molar refractivity (Wildman–Crippen MR) is 38.8 cm³/mol. The van der Waals surface area contributed by atoms with Crippen LogP contribution in [0.4, 0.5) is 0 Å². The number of halogens is 1. The molecule has 8 heavy (non-hydrogen) atoms. The minimum absolute atomic E-state index is 0. The van der Waals surface area contributed by atoms with Gasteiger partial charge in [-0.25, -0.2) is 0 Å². The summed E-state index contributed by atoms with van der Waals surface area (Å²) in [5.74, 6) is 0. The van der Waals surface area contributed by atoms with Crippen molar-refractivity contribution >= 4 is 27.3 Å². The molecule has 7 radical (unpaired) electrons. The van der Waals surface area contributed by atoms with Gasteiger partial charge >= 0.3 is 0 Å². The Morgan fingerprint density at radius 1 is 0.625 bits per heavy atom. The van der Waals surface area contributed by atoms with Gasteiger partial charge < -0.3 is 4.70 Å². The van der Waals surface area contributed by atoms with E-state index in [1.54, 1.807) is 20.8 Å². The molecule has 0 aliphatic rings. The van der Waals surface area contributed by atoms with E-state index in [1.807, 2.05) is 0 Å². The molecule has 0 fully saturated rings. The molecule has 51 valence electrons. The van der Waals surface area contributed by atoms with Gasteiger partial charge in [0.25, 0.3) is 0 Å². The van der Waals surface area contributed by atoms with Crippen LogP contribution in [0.2, 0.25) is 0 Å². The topological polar surface area (TPSA) is 0 Å². The van der Waals surface area contributed by atoms with Crippen molar-refractivity contribution in [3.63, 3.8) is 0 Å². The predicted octanol–water partition coefficient (Wildman–Crippen LogP) is -0.856. The van der Waals surface area contributed by atoms with Gasteiger partial charge in [0.05, 0.1) is 0 Å². The monoisotopic (exact) mass is 314 g/mol. The van der Waals surface area contributed by atoms with E-state index in [0.29, 0.717) is 0 Å². The quantitative estimate of drug-likeness (QED) is 0.511. The van der Waals surface area contributed by atoms with E-state index in [1.165, 1.54) is 0 Å². The molecule has 0 nitrogen and oxygen atoms in total. The van der Waals surface area contributed by atoms with Crippen LogP contribution in [0.5, 0.6) is 0 Å². The van der Waals surface area contributed by atoms with E-state index in [4.69, 9.17) is 0 Å². The average Bonchev–Trinajstić information content (AvgIpc) is 1.81. The maximum atomic E-state index is 3.25. The first-order valence-electron chi connectivity index (χ1n) is 2.12. The van der Waals surface area contributed by atoms with Gasteiger partial charge in [-0.3, -0.25) is 0 Å². The maximum absolute atomic E-state index is 3.25. The summed E-state index contributed by atoms with van der Waals surface area (Å²) in [6.45, 7) is 15.0. The van der Waals surface area contributed by atoms with Crippen molar-refractivity contribution in [1.82, 2.24) is 0 Å². The van der Waals surface area contributed by atoms with Gasteiger partial charge in [0.15, 0.2) is 0 Å². The van der Waals surface area contributed by atoms with Crippen LogP contribution in [0.15, 0.2) is 0 Å². The fraction of sp³-hybridized carbons (Fsp3) is 0.500. The molecule has 0 unspecified atom stereocenters. The zero-order valence-corrected chi connectivity index (χ0v) is 9.89. The summed E-state index contributed by atoms with van der Waals surface area (Å²) in [7, 11) is 0. The van der Waals surface area contributed by atoms with E-state index in [2.05, 4.69) is 20.8 Å². The molecular formula is C6H15FPb-. The van der Waals surface area contributed by atoms with Crippen LogP contribution in [-0.2, 0) is 0 Å². The number of hydrogen-bond donors (Lipinski definition) is 0. The molecule has 0 aromatic carbocycles. The molecule has 0 saturated carbocycles. The molecule has 0 aromatic rings. The summed E-state index contributed by atoms with van der Waals surface area (Å²) >= 11 is 0. The molecule has 0 bridgehead atoms. The Hall–Kier alpha value is 0.852. The Kier molecular flexibility index (Phi) is 2330. The molecule has 0 atom stereocenters. The molecule has 2 heteroatoms. The van der Waals surface area contributed by atoms with Gasteiger partial charge in [-0.2, -0.15) is 0 Å². The van der Waals surface area contributed by atoms with Crippen molar-refractivity contribution < 1.29 is 4.70 Å². The van der Waals surface area contributed by atoms with Gasteiger partial charge in [0.2, 0.25) is 0 Å². The normalized spacial score (nSPS) is 2.25. The Morgan fingerprint density at radius 2 is 0.625 bits per heavy atom. The Labute approximate surface area is 73.6 Å². The third-order valence-electron chi connectivity index (χ3n) is 0. The molecular weight excluding hydrogens is 298 g/mol. The third-order valence-corrected chi connectivity index (χ3v) is 0. The molecule has 0 aromatic heterocycles. The Bertz CT molecular complexity index is 8.49. The summed E-state index contributed by atoms with van der Waals surface area (Å²) in [5.41, 5.74) is 0. The van der Waals surface area contributed by atoms with Crippen LogP contribution in [0, 0.1) is 20.8 Å². The molecule has 0 amide bonds. The van der Waals surface area contributed by atoms with Crippen LogP contribution in [-0.4, -0.2) is 27.3 Å². The van der Waals surface area contributed by atoms with Gasteiger partial charge in [-0.1, -0.05) is 41.5 Å². The summed E-state index contributed by atoms with van der Waals surface area (Å²) in [6, 6.07) is 0. The van der Waals surface area contributed by atoms with Crippen LogP contribution in [0.1, 0.15) is 20.8 Å². The van der Waals surface area contributed by atoms with Gasteiger partial charge in [-0.05, 0) is 0 Å². The average molecular weight is 313 g/mol. The smallest absolute Gasteiger partial charge is 0 e. The van der Waals surface area contributed by atoms with E-state index < -0.39 is 0 Å². The molecule has 0 aliphatic carbocycles. The minimum atomic E-state index is 0. The largest absolute Gasteiger partial charge is 1.00 e. The fourth-order valence-corrected chi connectivity index (χ4v) is 0. The van der Waals surface area contributed by atoms with Crippen molar-refractivity contribution in [2.75, 3.05) is 0 Å². The van der Waals surface area contributed by atoms with Crippen LogP contribution < -0.4 is 4.70 Å². The van der Waals surface area contributed by atoms with Gasteiger partial charge in [0, 0.05) is 27.3 Å². The zero-order chi connectivity index (χ0) is 6.00. The first kappa shape index (κ1) is 36.8. The maximum Gasteiger partial charge on any atom is 0 e. The van der Waals surface area contributed by atoms with Crippen molar-refractivity contribution in [1.29, 1.82) is 0 Å². The number of rotatable bonds is 0. The summed E-state index contributed by atoms with van der Waals surface area (Å²) in [6.07, 6.45) is 0. The summed E-state index contributed by atoms with van der Waals surface area (Å²) in [5, 5.41) is 0. The number of hydrogen-bond acceptors (Lipinski definition) is 0. The SMILES string of the molecule is [CH2]C.[CH2]C.[CH2]C.[F-].[Pb]. The van der Waals surface area contributed by atoms with Gasteiger partial charge in [0.1, 0.15) is 0 Å². The first-order valence-corrected chi connectivity index (χ1v) is 2.12. The van der Waals surface area contributed by atoms with E-state index >= 15 is 0 Å². The molecule has 0 heterocycles. The van der Waals surface area contributed by atoms with Crippen molar-refractivity contribution in [3.8, 4) is 0 Å².